The molecule has 1 heterocycles. The molecule has 0 atom stereocenters. The van der Waals surface area contributed by atoms with E-state index in [-0.39, 0.29) is 12.1 Å². The fourth-order valence-corrected chi connectivity index (χ4v) is 3.33. The van der Waals surface area contributed by atoms with Crippen LogP contribution < -0.4 is 15.8 Å². The lowest BCUT2D eigenvalue weighted by molar-refractivity contribution is 0.0526. The molecule has 2 aromatic rings. The summed E-state index contributed by atoms with van der Waals surface area (Å²) in [4.78, 5) is 16.9. The summed E-state index contributed by atoms with van der Waals surface area (Å²) in [7, 11) is 0. The van der Waals surface area contributed by atoms with Crippen LogP contribution in [0.3, 0.4) is 0 Å². The van der Waals surface area contributed by atoms with E-state index in [1.807, 2.05) is 18.2 Å². The number of aryl methyl sites for hydroxylation is 1. The molecule has 0 aliphatic carbocycles. The standard InChI is InChI=1S/C23H35N3O3/c1-7-16(8-2)13-25-23(5,6)14-29-18-12-10-11-17-20(18)21(24)19(15(4)26-17)22(27)28-9-3/h10-12,16,25H,7-9,13-14H2,1-6H3,(H2,24,26). The number of carbonyl (C=O) groups excluding carboxylic acids is 1. The molecule has 1 aromatic heterocycles. The van der Waals surface area contributed by atoms with Crippen LogP contribution in [0.5, 0.6) is 5.75 Å². The molecule has 3 N–H and O–H groups in total. The van der Waals surface area contributed by atoms with Gasteiger partial charge in [-0.05, 0) is 52.3 Å². The predicted molar refractivity (Wildman–Crippen MR) is 118 cm³/mol. The molecule has 0 amide bonds. The number of fused-ring (bicyclic) bond motifs is 1. The Morgan fingerprint density at radius 2 is 1.93 bits per heavy atom. The first-order valence-corrected chi connectivity index (χ1v) is 10.5. The molecule has 1 aromatic carbocycles. The van der Waals surface area contributed by atoms with Crippen molar-refractivity contribution in [2.75, 3.05) is 25.5 Å². The third kappa shape index (κ3) is 5.60. The highest BCUT2D eigenvalue weighted by Crippen LogP contribution is 2.34. The quantitative estimate of drug-likeness (QED) is 0.571. The molecule has 29 heavy (non-hydrogen) atoms. The third-order valence-electron chi connectivity index (χ3n) is 5.28. The summed E-state index contributed by atoms with van der Waals surface area (Å²) in [5.41, 5.74) is 8.10. The number of carbonyl (C=O) groups is 1. The van der Waals surface area contributed by atoms with Crippen molar-refractivity contribution in [2.24, 2.45) is 5.92 Å². The minimum Gasteiger partial charge on any atom is -0.491 e. The van der Waals surface area contributed by atoms with Gasteiger partial charge in [0.25, 0.3) is 0 Å². The van der Waals surface area contributed by atoms with Crippen LogP contribution in [0.25, 0.3) is 10.9 Å². The predicted octanol–water partition coefficient (Wildman–Crippen LogP) is 4.49. The Balaban J connectivity index is 2.29. The van der Waals surface area contributed by atoms with Crippen molar-refractivity contribution in [2.45, 2.75) is 59.9 Å². The molecule has 0 unspecified atom stereocenters. The molecule has 160 valence electrons. The maximum absolute atomic E-state index is 12.4. The smallest absolute Gasteiger partial charge is 0.342 e. The number of anilines is 1. The van der Waals surface area contributed by atoms with Crippen molar-refractivity contribution >= 4 is 22.6 Å². The summed E-state index contributed by atoms with van der Waals surface area (Å²) >= 11 is 0. The zero-order valence-electron chi connectivity index (χ0n) is 18.6. The first kappa shape index (κ1) is 22.9. The fraction of sp³-hybridized carbons (Fsp3) is 0.565. The highest BCUT2D eigenvalue weighted by atomic mass is 16.5. The second-order valence-electron chi connectivity index (χ2n) is 8.09. The number of hydrogen-bond donors (Lipinski definition) is 2. The molecule has 6 nitrogen and oxygen atoms in total. The number of nitrogens with zero attached hydrogens (tertiary/aromatic N) is 1. The molecule has 0 saturated carbocycles. The van der Waals surface area contributed by atoms with Gasteiger partial charge in [-0.3, -0.25) is 4.98 Å². The second kappa shape index (κ2) is 9.92. The van der Waals surface area contributed by atoms with Crippen molar-refractivity contribution in [3.63, 3.8) is 0 Å². The van der Waals surface area contributed by atoms with Crippen molar-refractivity contribution in [1.82, 2.24) is 10.3 Å². The summed E-state index contributed by atoms with van der Waals surface area (Å²) in [5, 5.41) is 4.25. The Morgan fingerprint density at radius 1 is 1.24 bits per heavy atom. The largest absolute Gasteiger partial charge is 0.491 e. The number of nitrogen functional groups attached to an aromatic ring is 1. The zero-order valence-corrected chi connectivity index (χ0v) is 18.6. The fourth-order valence-electron chi connectivity index (χ4n) is 3.33. The van der Waals surface area contributed by atoms with Gasteiger partial charge in [-0.15, -0.1) is 0 Å². The first-order chi connectivity index (χ1) is 13.7. The minimum atomic E-state index is -0.459. The van der Waals surface area contributed by atoms with E-state index in [0.29, 0.717) is 46.1 Å². The van der Waals surface area contributed by atoms with Gasteiger partial charge in [0.2, 0.25) is 0 Å². The van der Waals surface area contributed by atoms with Crippen LogP contribution in [0.2, 0.25) is 0 Å². The van der Waals surface area contributed by atoms with Gasteiger partial charge in [-0.1, -0.05) is 32.8 Å². The molecule has 0 aliphatic rings. The van der Waals surface area contributed by atoms with Gasteiger partial charge in [-0.2, -0.15) is 0 Å². The van der Waals surface area contributed by atoms with Crippen LogP contribution in [-0.4, -0.2) is 36.3 Å². The van der Waals surface area contributed by atoms with Crippen molar-refractivity contribution in [3.8, 4) is 5.75 Å². The second-order valence-corrected chi connectivity index (χ2v) is 8.09. The lowest BCUT2D eigenvalue weighted by Gasteiger charge is -2.29. The van der Waals surface area contributed by atoms with E-state index < -0.39 is 5.97 Å². The van der Waals surface area contributed by atoms with Crippen molar-refractivity contribution in [1.29, 1.82) is 0 Å². The van der Waals surface area contributed by atoms with E-state index in [2.05, 4.69) is 38.0 Å². The topological polar surface area (TPSA) is 86.5 Å². The van der Waals surface area contributed by atoms with Crippen LogP contribution in [0, 0.1) is 12.8 Å². The van der Waals surface area contributed by atoms with Crippen LogP contribution in [0.1, 0.15) is 63.5 Å². The lowest BCUT2D eigenvalue weighted by Crippen LogP contribution is -2.46. The number of esters is 1. The SMILES string of the molecule is CCOC(=O)c1c(C)nc2cccc(OCC(C)(C)NCC(CC)CC)c2c1N. The van der Waals surface area contributed by atoms with Gasteiger partial charge >= 0.3 is 5.97 Å². The zero-order chi connectivity index (χ0) is 21.6. The molecule has 0 fully saturated rings. The van der Waals surface area contributed by atoms with E-state index in [9.17, 15) is 4.79 Å². The number of benzene rings is 1. The van der Waals surface area contributed by atoms with Crippen LogP contribution in [0.4, 0.5) is 5.69 Å². The molecule has 0 bridgehead atoms. The molecular formula is C23H35N3O3. The molecule has 0 spiro atoms. The normalized spacial score (nSPS) is 11.8. The Morgan fingerprint density at radius 3 is 2.55 bits per heavy atom. The number of nitrogens with one attached hydrogen (secondary N) is 1. The molecular weight excluding hydrogens is 366 g/mol. The summed E-state index contributed by atoms with van der Waals surface area (Å²) < 4.78 is 11.3. The van der Waals surface area contributed by atoms with E-state index in [1.54, 1.807) is 13.8 Å². The minimum absolute atomic E-state index is 0.207. The average Bonchev–Trinajstić information content (AvgIpc) is 2.67. The molecule has 0 saturated heterocycles. The highest BCUT2D eigenvalue weighted by Gasteiger charge is 2.23. The summed E-state index contributed by atoms with van der Waals surface area (Å²) in [5.74, 6) is 0.816. The van der Waals surface area contributed by atoms with Gasteiger partial charge in [0.1, 0.15) is 17.9 Å². The number of hydrogen-bond acceptors (Lipinski definition) is 6. The molecule has 2 rings (SSSR count). The summed E-state index contributed by atoms with van der Waals surface area (Å²) in [6.07, 6.45) is 2.31. The van der Waals surface area contributed by atoms with Crippen molar-refractivity contribution < 1.29 is 14.3 Å². The number of ether oxygens (including phenoxy) is 2. The highest BCUT2D eigenvalue weighted by molar-refractivity contribution is 6.07. The van der Waals surface area contributed by atoms with Gasteiger partial charge in [-0.25, -0.2) is 4.79 Å². The number of nitrogens with two attached hydrogens (primary N) is 1. The number of aromatic nitrogens is 1. The molecule has 6 heteroatoms. The van der Waals surface area contributed by atoms with E-state index in [4.69, 9.17) is 15.2 Å². The average molecular weight is 402 g/mol. The molecule has 0 aliphatic heterocycles. The van der Waals surface area contributed by atoms with Gasteiger partial charge in [0.15, 0.2) is 0 Å². The van der Waals surface area contributed by atoms with E-state index >= 15 is 0 Å². The Bertz CT molecular complexity index is 845. The van der Waals surface area contributed by atoms with Gasteiger partial charge in [0, 0.05) is 5.54 Å². The van der Waals surface area contributed by atoms with Crippen molar-refractivity contribution in [3.05, 3.63) is 29.5 Å². The van der Waals surface area contributed by atoms with Crippen LogP contribution in [-0.2, 0) is 4.74 Å². The number of pyridine rings is 1. The lowest BCUT2D eigenvalue weighted by atomic mass is 10.0. The van der Waals surface area contributed by atoms with Gasteiger partial charge in [0.05, 0.1) is 28.9 Å². The van der Waals surface area contributed by atoms with Gasteiger partial charge < -0.3 is 20.5 Å². The Hall–Kier alpha value is -2.34. The summed E-state index contributed by atoms with van der Waals surface area (Å²) in [6.45, 7) is 13.9. The third-order valence-corrected chi connectivity index (χ3v) is 5.28. The van der Waals surface area contributed by atoms with Crippen LogP contribution >= 0.6 is 0 Å². The maximum Gasteiger partial charge on any atom is 0.342 e. The monoisotopic (exact) mass is 401 g/mol. The van der Waals surface area contributed by atoms with E-state index in [1.165, 1.54) is 0 Å². The molecule has 0 radical (unpaired) electrons. The summed E-state index contributed by atoms with van der Waals surface area (Å²) in [6, 6.07) is 5.62. The first-order valence-electron chi connectivity index (χ1n) is 10.5. The van der Waals surface area contributed by atoms with E-state index in [0.717, 1.165) is 19.4 Å². The Labute approximate surface area is 174 Å². The van der Waals surface area contributed by atoms with Crippen LogP contribution in [0.15, 0.2) is 18.2 Å². The maximum atomic E-state index is 12.4. The Kier molecular flexibility index (Phi) is 7.85. The number of rotatable bonds is 10.